The van der Waals surface area contributed by atoms with Gasteiger partial charge in [-0.2, -0.15) is 0 Å². The number of nitrogens with zero attached hydrogens (tertiary/aromatic N) is 1. The van der Waals surface area contributed by atoms with Crippen LogP contribution in [-0.4, -0.2) is 40.1 Å². The maximum atomic E-state index is 11.8. The molecule has 8 nitrogen and oxygen atoms in total. The molecular formula is C15H26N2O6. The van der Waals surface area contributed by atoms with Crippen LogP contribution in [0.4, 0.5) is 0 Å². The topological polar surface area (TPSA) is 103 Å². The van der Waals surface area contributed by atoms with Crippen LogP contribution in [0.2, 0.25) is 0 Å². The van der Waals surface area contributed by atoms with Crippen molar-refractivity contribution in [3.05, 3.63) is 32.6 Å². The molecule has 1 aromatic rings. The zero-order valence-electron chi connectivity index (χ0n) is 14.1. The minimum atomic E-state index is -0.764. The van der Waals surface area contributed by atoms with Crippen LogP contribution >= 0.6 is 0 Å². The smallest absolute Gasteiger partial charge is 0.330 e. The number of rotatable bonds is 6. The van der Waals surface area contributed by atoms with Crippen LogP contribution in [0.3, 0.4) is 0 Å². The molecule has 23 heavy (non-hydrogen) atoms. The minimum Gasteiger partial charge on any atom is -0.390 e. The lowest BCUT2D eigenvalue weighted by molar-refractivity contribution is -0.309. The van der Waals surface area contributed by atoms with E-state index in [0.717, 1.165) is 6.42 Å². The highest BCUT2D eigenvalue weighted by atomic mass is 17.2. The van der Waals surface area contributed by atoms with Gasteiger partial charge in [-0.25, -0.2) is 14.6 Å². The summed E-state index contributed by atoms with van der Waals surface area (Å²) in [5.74, 6) is 0. The lowest BCUT2D eigenvalue weighted by Gasteiger charge is -2.15. The van der Waals surface area contributed by atoms with Crippen molar-refractivity contribution in [1.82, 2.24) is 9.55 Å². The molecule has 0 amide bonds. The monoisotopic (exact) mass is 330 g/mol. The van der Waals surface area contributed by atoms with Crippen molar-refractivity contribution in [2.24, 2.45) is 0 Å². The fourth-order valence-electron chi connectivity index (χ4n) is 2.09. The molecular weight excluding hydrogens is 304 g/mol. The number of hydrogen-bond donors (Lipinski definition) is 2. The summed E-state index contributed by atoms with van der Waals surface area (Å²) >= 11 is 0. The first-order valence-corrected chi connectivity index (χ1v) is 7.93. The minimum absolute atomic E-state index is 0.0781. The number of aromatic nitrogens is 2. The van der Waals surface area contributed by atoms with E-state index in [1.807, 2.05) is 20.8 Å². The third-order valence-corrected chi connectivity index (χ3v) is 3.26. The quantitative estimate of drug-likeness (QED) is 0.456. The van der Waals surface area contributed by atoms with Crippen LogP contribution in [-0.2, 0) is 14.5 Å². The number of aryl methyl sites for hydroxylation is 1. The van der Waals surface area contributed by atoms with Crippen molar-refractivity contribution in [3.63, 3.8) is 0 Å². The highest BCUT2D eigenvalue weighted by Gasteiger charge is 2.36. The van der Waals surface area contributed by atoms with Gasteiger partial charge in [0.05, 0.1) is 12.7 Å². The third-order valence-electron chi connectivity index (χ3n) is 3.26. The summed E-state index contributed by atoms with van der Waals surface area (Å²) in [4.78, 5) is 35.2. The summed E-state index contributed by atoms with van der Waals surface area (Å²) in [6.45, 7) is 8.09. The first-order valence-electron chi connectivity index (χ1n) is 7.93. The Bertz CT molecular complexity index is 582. The van der Waals surface area contributed by atoms with Crippen LogP contribution in [0.5, 0.6) is 0 Å². The highest BCUT2D eigenvalue weighted by molar-refractivity contribution is 5.02. The second-order valence-corrected chi connectivity index (χ2v) is 5.02. The van der Waals surface area contributed by atoms with E-state index in [1.165, 1.54) is 10.8 Å². The van der Waals surface area contributed by atoms with Crippen molar-refractivity contribution in [2.45, 2.75) is 59.0 Å². The van der Waals surface area contributed by atoms with Gasteiger partial charge in [-0.1, -0.05) is 20.8 Å². The molecule has 0 bridgehead atoms. The number of ether oxygens (including phenoxy) is 1. The van der Waals surface area contributed by atoms with E-state index in [0.29, 0.717) is 12.2 Å². The third kappa shape index (κ3) is 5.28. The fraction of sp³-hybridized carbons (Fsp3) is 0.733. The van der Waals surface area contributed by atoms with E-state index in [1.54, 1.807) is 6.92 Å². The number of aliphatic hydroxyl groups is 1. The summed E-state index contributed by atoms with van der Waals surface area (Å²) in [5, 5.41) is 9.94. The molecule has 1 aromatic heterocycles. The van der Waals surface area contributed by atoms with Crippen molar-refractivity contribution in [2.75, 3.05) is 13.2 Å². The predicted octanol–water partition coefficient (Wildman–Crippen LogP) is 0.878. The molecule has 8 heteroatoms. The maximum absolute atomic E-state index is 11.8. The van der Waals surface area contributed by atoms with Gasteiger partial charge in [-0.05, 0) is 13.3 Å². The normalized spacial score (nSPS) is 23.4. The predicted molar refractivity (Wildman–Crippen MR) is 84.1 cm³/mol. The van der Waals surface area contributed by atoms with Crippen LogP contribution in [0.25, 0.3) is 0 Å². The number of hydrogen-bond acceptors (Lipinski definition) is 6. The Morgan fingerprint density at radius 3 is 2.74 bits per heavy atom. The molecule has 0 radical (unpaired) electrons. The molecule has 3 unspecified atom stereocenters. The number of aromatic amines is 1. The number of H-pyrrole nitrogens is 1. The lowest BCUT2D eigenvalue weighted by atomic mass is 10.2. The van der Waals surface area contributed by atoms with Gasteiger partial charge in [0, 0.05) is 18.2 Å². The Hall–Kier alpha value is -1.48. The van der Waals surface area contributed by atoms with Gasteiger partial charge >= 0.3 is 5.69 Å². The van der Waals surface area contributed by atoms with E-state index in [2.05, 4.69) is 4.98 Å². The van der Waals surface area contributed by atoms with E-state index in [9.17, 15) is 14.7 Å². The Kier molecular flexibility index (Phi) is 8.18. The number of nitrogens with one attached hydrogen (secondary N) is 1. The van der Waals surface area contributed by atoms with Crippen LogP contribution < -0.4 is 11.2 Å². The summed E-state index contributed by atoms with van der Waals surface area (Å²) in [5.41, 5.74) is -0.590. The van der Waals surface area contributed by atoms with E-state index >= 15 is 0 Å². The molecule has 3 atom stereocenters. The van der Waals surface area contributed by atoms with Crippen molar-refractivity contribution >= 4 is 0 Å². The molecule has 1 saturated heterocycles. The molecule has 0 aromatic carbocycles. The van der Waals surface area contributed by atoms with E-state index < -0.39 is 29.7 Å². The van der Waals surface area contributed by atoms with Crippen LogP contribution in [0.1, 0.15) is 45.4 Å². The van der Waals surface area contributed by atoms with E-state index in [4.69, 9.17) is 14.5 Å². The van der Waals surface area contributed by atoms with Gasteiger partial charge in [0.15, 0.2) is 0 Å². The molecule has 1 fully saturated rings. The summed E-state index contributed by atoms with van der Waals surface area (Å²) in [7, 11) is 0. The van der Waals surface area contributed by atoms with Crippen molar-refractivity contribution in [1.29, 1.82) is 0 Å². The van der Waals surface area contributed by atoms with Crippen molar-refractivity contribution in [3.8, 4) is 0 Å². The molecule has 132 valence electrons. The Balaban J connectivity index is 0.00000127. The van der Waals surface area contributed by atoms with Crippen LogP contribution in [0.15, 0.2) is 15.8 Å². The molecule has 0 spiro atoms. The fourth-order valence-corrected chi connectivity index (χ4v) is 2.09. The van der Waals surface area contributed by atoms with Gasteiger partial charge in [0.2, 0.25) is 0 Å². The molecule has 1 aliphatic rings. The summed E-state index contributed by atoms with van der Waals surface area (Å²) < 4.78 is 6.87. The molecule has 0 saturated carbocycles. The molecule has 1 aliphatic heterocycles. The van der Waals surface area contributed by atoms with Crippen LogP contribution in [0, 0.1) is 6.92 Å². The Labute approximate surface area is 134 Å². The summed E-state index contributed by atoms with van der Waals surface area (Å²) in [6, 6.07) is 0. The first kappa shape index (κ1) is 19.6. The number of aliphatic hydroxyl groups excluding tert-OH is 1. The average Bonchev–Trinajstić information content (AvgIpc) is 2.90. The molecule has 2 N–H and O–H groups in total. The van der Waals surface area contributed by atoms with Crippen molar-refractivity contribution < 1.29 is 19.6 Å². The summed E-state index contributed by atoms with van der Waals surface area (Å²) in [6.07, 6.45) is 0.513. The van der Waals surface area contributed by atoms with Gasteiger partial charge in [0.1, 0.15) is 18.9 Å². The Morgan fingerprint density at radius 2 is 2.09 bits per heavy atom. The van der Waals surface area contributed by atoms with Gasteiger partial charge in [0.25, 0.3) is 5.56 Å². The average molecular weight is 330 g/mol. The standard InChI is InChI=1S/C13H20N2O6.C2H6/c1-3-4-19-20-7-10-9(16)5-11(21-10)15-6-8(2)12(17)14-13(15)18;1-2/h6,9-11,16H,3-5,7H2,1-2H3,(H,14,17,18);1-2H3. The van der Waals surface area contributed by atoms with Gasteiger partial charge in [-0.15, -0.1) is 0 Å². The lowest BCUT2D eigenvalue weighted by Crippen LogP contribution is -2.33. The maximum Gasteiger partial charge on any atom is 0.330 e. The zero-order valence-corrected chi connectivity index (χ0v) is 14.1. The Morgan fingerprint density at radius 1 is 1.39 bits per heavy atom. The van der Waals surface area contributed by atoms with Gasteiger partial charge in [-0.3, -0.25) is 14.3 Å². The first-order chi connectivity index (χ1) is 11.0. The second-order valence-electron chi connectivity index (χ2n) is 5.02. The molecule has 0 aliphatic carbocycles. The largest absolute Gasteiger partial charge is 0.390 e. The van der Waals surface area contributed by atoms with Gasteiger partial charge < -0.3 is 9.84 Å². The zero-order chi connectivity index (χ0) is 17.4. The highest BCUT2D eigenvalue weighted by Crippen LogP contribution is 2.27. The second kappa shape index (κ2) is 9.61. The molecule has 2 rings (SSSR count). The molecule has 2 heterocycles. The SMILES string of the molecule is CC.CCCOOCC1OC(n2cc(C)c(=O)[nH]c2=O)CC1O. The van der Waals surface area contributed by atoms with E-state index in [-0.39, 0.29) is 13.0 Å².